The van der Waals surface area contributed by atoms with Crippen LogP contribution in [0, 0.1) is 6.92 Å². The van der Waals surface area contributed by atoms with Crippen LogP contribution in [0.3, 0.4) is 0 Å². The van der Waals surface area contributed by atoms with E-state index in [4.69, 9.17) is 10.5 Å². The topological polar surface area (TPSA) is 53.1 Å². The maximum Gasteiger partial charge on any atom is 0.121 e. The summed E-state index contributed by atoms with van der Waals surface area (Å²) in [7, 11) is 3.66. The Bertz CT molecular complexity index is 824. The number of aromatic nitrogens is 2. The lowest BCUT2D eigenvalue weighted by atomic mass is 9.93. The van der Waals surface area contributed by atoms with Gasteiger partial charge in [0, 0.05) is 30.8 Å². The summed E-state index contributed by atoms with van der Waals surface area (Å²) < 4.78 is 7.29. The zero-order chi connectivity index (χ0) is 17.1. The van der Waals surface area contributed by atoms with Crippen LogP contribution >= 0.6 is 0 Å². The summed E-state index contributed by atoms with van der Waals surface area (Å²) in [6.45, 7) is 2.58. The number of aryl methyl sites for hydroxylation is 2. The van der Waals surface area contributed by atoms with Gasteiger partial charge in [-0.15, -0.1) is 0 Å². The Morgan fingerprint density at radius 2 is 1.88 bits per heavy atom. The summed E-state index contributed by atoms with van der Waals surface area (Å²) in [5.41, 5.74) is 11.6. The van der Waals surface area contributed by atoms with Crippen molar-refractivity contribution < 1.29 is 4.74 Å². The lowest BCUT2D eigenvalue weighted by Crippen LogP contribution is -2.17. The minimum Gasteiger partial charge on any atom is -0.496 e. The molecule has 4 nitrogen and oxygen atoms in total. The van der Waals surface area contributed by atoms with Crippen molar-refractivity contribution in [1.29, 1.82) is 0 Å². The van der Waals surface area contributed by atoms with Crippen LogP contribution < -0.4 is 10.5 Å². The van der Waals surface area contributed by atoms with Gasteiger partial charge in [-0.2, -0.15) is 5.10 Å². The fourth-order valence-corrected chi connectivity index (χ4v) is 3.10. The standard InChI is InChI=1S/C20H23N3O/c1-14-11-16(9-10-20(14)24-3)17(13-21)19-12-18(22-23(19)2)15-7-5-4-6-8-15/h4-12,17H,13,21H2,1-3H3. The molecule has 0 aliphatic heterocycles. The molecule has 124 valence electrons. The van der Waals surface area contributed by atoms with Crippen molar-refractivity contribution in [3.8, 4) is 17.0 Å². The Morgan fingerprint density at radius 1 is 1.12 bits per heavy atom. The van der Waals surface area contributed by atoms with E-state index in [1.807, 2.05) is 36.0 Å². The second-order valence-electron chi connectivity index (χ2n) is 5.96. The summed E-state index contributed by atoms with van der Waals surface area (Å²) in [5.74, 6) is 0.995. The highest BCUT2D eigenvalue weighted by atomic mass is 16.5. The van der Waals surface area contributed by atoms with E-state index < -0.39 is 0 Å². The zero-order valence-electron chi connectivity index (χ0n) is 14.4. The molecule has 3 rings (SSSR count). The van der Waals surface area contributed by atoms with Gasteiger partial charge < -0.3 is 10.5 Å². The predicted molar refractivity (Wildman–Crippen MR) is 97.3 cm³/mol. The van der Waals surface area contributed by atoms with Crippen LogP contribution in [0.4, 0.5) is 0 Å². The van der Waals surface area contributed by atoms with Crippen LogP contribution in [-0.4, -0.2) is 23.4 Å². The molecule has 3 aromatic rings. The maximum atomic E-state index is 6.10. The number of methoxy groups -OCH3 is 1. The zero-order valence-corrected chi connectivity index (χ0v) is 14.4. The highest BCUT2D eigenvalue weighted by molar-refractivity contribution is 5.59. The second-order valence-corrected chi connectivity index (χ2v) is 5.96. The molecule has 1 heterocycles. The van der Waals surface area contributed by atoms with Crippen LogP contribution in [0.5, 0.6) is 5.75 Å². The van der Waals surface area contributed by atoms with Gasteiger partial charge in [0.2, 0.25) is 0 Å². The Hall–Kier alpha value is -2.59. The average molecular weight is 321 g/mol. The third kappa shape index (κ3) is 3.05. The number of hydrogen-bond donors (Lipinski definition) is 1. The number of nitrogens with two attached hydrogens (primary N) is 1. The van der Waals surface area contributed by atoms with E-state index in [9.17, 15) is 0 Å². The van der Waals surface area contributed by atoms with Gasteiger partial charge in [0.1, 0.15) is 5.75 Å². The van der Waals surface area contributed by atoms with Gasteiger partial charge in [-0.1, -0.05) is 42.5 Å². The molecule has 0 bridgehead atoms. The van der Waals surface area contributed by atoms with Crippen molar-refractivity contribution in [3.05, 3.63) is 71.4 Å². The van der Waals surface area contributed by atoms with Crippen molar-refractivity contribution >= 4 is 0 Å². The van der Waals surface area contributed by atoms with Crippen LogP contribution in [0.25, 0.3) is 11.3 Å². The molecule has 2 aromatic carbocycles. The molecule has 0 aliphatic carbocycles. The summed E-state index contributed by atoms with van der Waals surface area (Å²) in [6.07, 6.45) is 0. The highest BCUT2D eigenvalue weighted by Crippen LogP contribution is 2.30. The van der Waals surface area contributed by atoms with Gasteiger partial charge in [0.25, 0.3) is 0 Å². The molecular weight excluding hydrogens is 298 g/mol. The fraction of sp³-hybridized carbons (Fsp3) is 0.250. The smallest absolute Gasteiger partial charge is 0.121 e. The summed E-state index contributed by atoms with van der Waals surface area (Å²) in [5, 5.41) is 4.67. The van der Waals surface area contributed by atoms with Crippen LogP contribution in [-0.2, 0) is 7.05 Å². The lowest BCUT2D eigenvalue weighted by Gasteiger charge is -2.17. The number of ether oxygens (including phenoxy) is 1. The molecule has 0 saturated heterocycles. The van der Waals surface area contributed by atoms with Gasteiger partial charge >= 0.3 is 0 Å². The van der Waals surface area contributed by atoms with E-state index in [1.54, 1.807) is 7.11 Å². The number of hydrogen-bond acceptors (Lipinski definition) is 3. The first kappa shape index (κ1) is 16.3. The molecule has 0 saturated carbocycles. The van der Waals surface area contributed by atoms with Gasteiger partial charge in [-0.05, 0) is 30.2 Å². The molecule has 0 aliphatic rings. The van der Waals surface area contributed by atoms with Gasteiger partial charge in [-0.3, -0.25) is 4.68 Å². The molecule has 1 atom stereocenters. The van der Waals surface area contributed by atoms with Crippen LogP contribution in [0.15, 0.2) is 54.6 Å². The first-order valence-electron chi connectivity index (χ1n) is 8.08. The van der Waals surface area contributed by atoms with Crippen LogP contribution in [0.1, 0.15) is 22.7 Å². The Balaban J connectivity index is 2.00. The molecule has 0 spiro atoms. The highest BCUT2D eigenvalue weighted by Gasteiger charge is 2.19. The molecule has 24 heavy (non-hydrogen) atoms. The van der Waals surface area contributed by atoms with E-state index in [-0.39, 0.29) is 5.92 Å². The summed E-state index contributed by atoms with van der Waals surface area (Å²) >= 11 is 0. The molecule has 4 heteroatoms. The Labute approximate surface area is 142 Å². The summed E-state index contributed by atoms with van der Waals surface area (Å²) in [4.78, 5) is 0. The van der Waals surface area contributed by atoms with Crippen LogP contribution in [0.2, 0.25) is 0 Å². The average Bonchev–Trinajstić information content (AvgIpc) is 2.98. The first-order chi connectivity index (χ1) is 11.6. The van der Waals surface area contributed by atoms with E-state index in [0.717, 1.165) is 28.3 Å². The summed E-state index contributed by atoms with van der Waals surface area (Å²) in [6, 6.07) is 18.6. The van der Waals surface area contributed by atoms with Gasteiger partial charge in [0.05, 0.1) is 12.8 Å². The monoisotopic (exact) mass is 321 g/mol. The minimum atomic E-state index is 0.101. The molecular formula is C20H23N3O. The lowest BCUT2D eigenvalue weighted by molar-refractivity contribution is 0.411. The molecule has 0 radical (unpaired) electrons. The van der Waals surface area contributed by atoms with E-state index in [0.29, 0.717) is 6.54 Å². The van der Waals surface area contributed by atoms with Gasteiger partial charge in [-0.25, -0.2) is 0 Å². The van der Waals surface area contributed by atoms with E-state index >= 15 is 0 Å². The predicted octanol–water partition coefficient (Wildman–Crippen LogP) is 3.49. The quantitative estimate of drug-likeness (QED) is 0.782. The number of nitrogens with zero attached hydrogens (tertiary/aromatic N) is 2. The van der Waals surface area contributed by atoms with Crippen molar-refractivity contribution in [3.63, 3.8) is 0 Å². The minimum absolute atomic E-state index is 0.101. The normalized spacial score (nSPS) is 12.2. The van der Waals surface area contributed by atoms with E-state index in [1.165, 1.54) is 5.56 Å². The van der Waals surface area contributed by atoms with Gasteiger partial charge in [0.15, 0.2) is 0 Å². The third-order valence-corrected chi connectivity index (χ3v) is 4.40. The Morgan fingerprint density at radius 3 is 2.50 bits per heavy atom. The van der Waals surface area contributed by atoms with Crippen molar-refractivity contribution in [2.75, 3.05) is 13.7 Å². The Kier molecular flexibility index (Phi) is 4.67. The molecule has 0 fully saturated rings. The van der Waals surface area contributed by atoms with Crippen molar-refractivity contribution in [2.24, 2.45) is 12.8 Å². The largest absolute Gasteiger partial charge is 0.496 e. The second kappa shape index (κ2) is 6.89. The number of benzene rings is 2. The van der Waals surface area contributed by atoms with Crippen molar-refractivity contribution in [2.45, 2.75) is 12.8 Å². The van der Waals surface area contributed by atoms with E-state index in [2.05, 4.69) is 42.4 Å². The molecule has 1 aromatic heterocycles. The van der Waals surface area contributed by atoms with Crippen molar-refractivity contribution in [1.82, 2.24) is 9.78 Å². The molecule has 0 amide bonds. The molecule has 2 N–H and O–H groups in total. The number of rotatable bonds is 5. The fourth-order valence-electron chi connectivity index (χ4n) is 3.10. The SMILES string of the molecule is COc1ccc(C(CN)c2cc(-c3ccccc3)nn2C)cc1C. The molecule has 1 unspecified atom stereocenters. The maximum absolute atomic E-state index is 6.10. The first-order valence-corrected chi connectivity index (χ1v) is 8.08. The third-order valence-electron chi connectivity index (χ3n) is 4.40.